The molecule has 0 aliphatic heterocycles. The van der Waals surface area contributed by atoms with Gasteiger partial charge in [-0.25, -0.2) is 4.79 Å². The van der Waals surface area contributed by atoms with Gasteiger partial charge in [0.1, 0.15) is 11.7 Å². The molecule has 1 aromatic carbocycles. The zero-order valence-corrected chi connectivity index (χ0v) is 17.2. The lowest BCUT2D eigenvalue weighted by atomic mass is 10.0. The number of carbonyl (C=O) groups is 3. The Morgan fingerprint density at radius 3 is 2.41 bits per heavy atom. The highest BCUT2D eigenvalue weighted by Crippen LogP contribution is 2.13. The largest absolute Gasteiger partial charge is 0.464 e. The summed E-state index contributed by atoms with van der Waals surface area (Å²) < 4.78 is 10.1. The molecule has 0 saturated carbocycles. The van der Waals surface area contributed by atoms with Crippen LogP contribution in [0.2, 0.25) is 5.02 Å². The van der Waals surface area contributed by atoms with Crippen molar-refractivity contribution < 1.29 is 23.5 Å². The van der Waals surface area contributed by atoms with E-state index in [0.29, 0.717) is 10.6 Å². The number of esters is 1. The molecule has 2 aromatic rings. The number of halogens is 1. The van der Waals surface area contributed by atoms with Gasteiger partial charge in [-0.15, -0.1) is 0 Å². The van der Waals surface area contributed by atoms with Gasteiger partial charge < -0.3 is 19.8 Å². The van der Waals surface area contributed by atoms with E-state index in [0.717, 1.165) is 0 Å². The number of rotatable bonds is 8. The predicted octanol–water partition coefficient (Wildman–Crippen LogP) is 3.41. The van der Waals surface area contributed by atoms with Crippen LogP contribution in [0.1, 0.15) is 36.9 Å². The number of carbonyl (C=O) groups excluding carboxylic acids is 3. The van der Waals surface area contributed by atoms with Gasteiger partial charge in [0, 0.05) is 5.02 Å². The fourth-order valence-corrected chi connectivity index (χ4v) is 2.55. The molecular weight excluding hydrogens is 396 g/mol. The molecule has 0 radical (unpaired) electrons. The molecule has 1 heterocycles. The Labute approximate surface area is 174 Å². The molecule has 8 heteroatoms. The van der Waals surface area contributed by atoms with E-state index < -0.39 is 23.8 Å². The number of nitrogens with one attached hydrogen (secondary N) is 2. The second kappa shape index (κ2) is 10.5. The van der Waals surface area contributed by atoms with Gasteiger partial charge in [-0.2, -0.15) is 0 Å². The van der Waals surface area contributed by atoms with E-state index >= 15 is 0 Å². The van der Waals surface area contributed by atoms with Crippen LogP contribution in [0, 0.1) is 5.92 Å². The summed E-state index contributed by atoms with van der Waals surface area (Å²) in [6.45, 7) is 5.45. The monoisotopic (exact) mass is 418 g/mol. The SMILES string of the molecule is CCOC(=O)C(NC(=O)/C(=C\c1ccc(Cl)cc1)NC(=O)c1ccco1)C(C)C. The summed E-state index contributed by atoms with van der Waals surface area (Å²) >= 11 is 5.90. The summed E-state index contributed by atoms with van der Waals surface area (Å²) in [5, 5.41) is 5.70. The first kappa shape index (κ1) is 22.2. The average Bonchev–Trinajstić information content (AvgIpc) is 3.21. The van der Waals surface area contributed by atoms with E-state index in [1.165, 1.54) is 18.4 Å². The van der Waals surface area contributed by atoms with E-state index in [2.05, 4.69) is 10.6 Å². The molecule has 7 nitrogen and oxygen atoms in total. The molecule has 2 amide bonds. The van der Waals surface area contributed by atoms with Gasteiger partial charge in [0.25, 0.3) is 11.8 Å². The van der Waals surface area contributed by atoms with Crippen molar-refractivity contribution in [1.29, 1.82) is 0 Å². The predicted molar refractivity (Wildman–Crippen MR) is 109 cm³/mol. The summed E-state index contributed by atoms with van der Waals surface area (Å²) in [4.78, 5) is 37.4. The van der Waals surface area contributed by atoms with Crippen molar-refractivity contribution in [3.05, 3.63) is 64.7 Å². The molecule has 2 N–H and O–H groups in total. The van der Waals surface area contributed by atoms with Gasteiger partial charge in [0.2, 0.25) is 0 Å². The normalized spacial score (nSPS) is 12.4. The lowest BCUT2D eigenvalue weighted by Gasteiger charge is -2.21. The molecule has 0 bridgehead atoms. The second-order valence-corrected chi connectivity index (χ2v) is 6.92. The molecule has 0 spiro atoms. The topological polar surface area (TPSA) is 97.6 Å². The van der Waals surface area contributed by atoms with Crippen molar-refractivity contribution in [3.63, 3.8) is 0 Å². The highest BCUT2D eigenvalue weighted by atomic mass is 35.5. The lowest BCUT2D eigenvalue weighted by molar-refractivity contribution is -0.148. The van der Waals surface area contributed by atoms with Crippen LogP contribution in [-0.2, 0) is 14.3 Å². The van der Waals surface area contributed by atoms with Crippen molar-refractivity contribution in [2.75, 3.05) is 6.61 Å². The third kappa shape index (κ3) is 6.50. The molecule has 1 aromatic heterocycles. The molecular formula is C21H23ClN2O5. The number of hydrogen-bond donors (Lipinski definition) is 2. The van der Waals surface area contributed by atoms with Crippen LogP contribution in [-0.4, -0.2) is 30.4 Å². The number of ether oxygens (including phenoxy) is 1. The highest BCUT2D eigenvalue weighted by Gasteiger charge is 2.27. The Hall–Kier alpha value is -3.06. The zero-order chi connectivity index (χ0) is 21.4. The second-order valence-electron chi connectivity index (χ2n) is 6.49. The lowest BCUT2D eigenvalue weighted by Crippen LogP contribution is -2.47. The highest BCUT2D eigenvalue weighted by molar-refractivity contribution is 6.30. The minimum absolute atomic E-state index is 0.0469. The van der Waals surface area contributed by atoms with Crippen molar-refractivity contribution in [1.82, 2.24) is 10.6 Å². The molecule has 154 valence electrons. The van der Waals surface area contributed by atoms with Gasteiger partial charge in [-0.1, -0.05) is 37.6 Å². The summed E-state index contributed by atoms with van der Waals surface area (Å²) in [6.07, 6.45) is 2.84. The van der Waals surface area contributed by atoms with Crippen LogP contribution in [0.3, 0.4) is 0 Å². The van der Waals surface area contributed by atoms with Crippen molar-refractivity contribution >= 4 is 35.5 Å². The van der Waals surface area contributed by atoms with Crippen LogP contribution in [0.25, 0.3) is 6.08 Å². The standard InChI is InChI=1S/C21H23ClN2O5/c1-4-28-21(27)18(13(2)3)24-19(25)16(12-14-7-9-15(22)10-8-14)23-20(26)17-6-5-11-29-17/h5-13,18H,4H2,1-3H3,(H,23,26)(H,24,25)/b16-12+. The van der Waals surface area contributed by atoms with Gasteiger partial charge in [-0.05, 0) is 48.7 Å². The number of amides is 2. The third-order valence-electron chi connectivity index (χ3n) is 3.91. The third-order valence-corrected chi connectivity index (χ3v) is 4.16. The molecule has 0 saturated heterocycles. The van der Waals surface area contributed by atoms with Gasteiger partial charge in [0.15, 0.2) is 5.76 Å². The van der Waals surface area contributed by atoms with Crippen LogP contribution in [0.15, 0.2) is 52.8 Å². The summed E-state index contributed by atoms with van der Waals surface area (Å²) in [5.41, 5.74) is 0.584. The van der Waals surface area contributed by atoms with E-state index in [4.69, 9.17) is 20.8 Å². The van der Waals surface area contributed by atoms with E-state index in [1.54, 1.807) is 51.1 Å². The maximum Gasteiger partial charge on any atom is 0.328 e. The van der Waals surface area contributed by atoms with Crippen LogP contribution in [0.4, 0.5) is 0 Å². The smallest absolute Gasteiger partial charge is 0.328 e. The first-order chi connectivity index (χ1) is 13.8. The van der Waals surface area contributed by atoms with E-state index in [1.807, 2.05) is 0 Å². The first-order valence-electron chi connectivity index (χ1n) is 9.11. The van der Waals surface area contributed by atoms with E-state index in [9.17, 15) is 14.4 Å². The van der Waals surface area contributed by atoms with E-state index in [-0.39, 0.29) is 24.0 Å². The summed E-state index contributed by atoms with van der Waals surface area (Å²) in [5.74, 6) is -1.94. The molecule has 0 fully saturated rings. The molecule has 0 aliphatic rings. The van der Waals surface area contributed by atoms with Gasteiger partial charge in [0.05, 0.1) is 12.9 Å². The van der Waals surface area contributed by atoms with Crippen LogP contribution < -0.4 is 10.6 Å². The number of benzene rings is 1. The Morgan fingerprint density at radius 2 is 1.86 bits per heavy atom. The minimum atomic E-state index is -0.864. The Balaban J connectivity index is 2.29. The van der Waals surface area contributed by atoms with Gasteiger partial charge >= 0.3 is 5.97 Å². The van der Waals surface area contributed by atoms with Gasteiger partial charge in [-0.3, -0.25) is 9.59 Å². The Bertz CT molecular complexity index is 873. The van der Waals surface area contributed by atoms with Crippen molar-refractivity contribution in [2.45, 2.75) is 26.8 Å². The molecule has 29 heavy (non-hydrogen) atoms. The Morgan fingerprint density at radius 1 is 1.17 bits per heavy atom. The summed E-state index contributed by atoms with van der Waals surface area (Å²) in [6, 6.07) is 8.88. The Kier molecular flexibility index (Phi) is 8.03. The van der Waals surface area contributed by atoms with Crippen molar-refractivity contribution in [2.24, 2.45) is 5.92 Å². The fourth-order valence-electron chi connectivity index (χ4n) is 2.42. The number of furan rings is 1. The zero-order valence-electron chi connectivity index (χ0n) is 16.4. The molecule has 1 unspecified atom stereocenters. The first-order valence-corrected chi connectivity index (χ1v) is 9.49. The molecule has 0 aliphatic carbocycles. The van der Waals surface area contributed by atoms with Crippen LogP contribution >= 0.6 is 11.6 Å². The molecule has 1 atom stereocenters. The fraction of sp³-hybridized carbons (Fsp3) is 0.286. The maximum atomic E-state index is 12.9. The van der Waals surface area contributed by atoms with Crippen molar-refractivity contribution in [3.8, 4) is 0 Å². The summed E-state index contributed by atoms with van der Waals surface area (Å²) in [7, 11) is 0. The minimum Gasteiger partial charge on any atom is -0.464 e. The molecule has 2 rings (SSSR count). The van der Waals surface area contributed by atoms with Crippen LogP contribution in [0.5, 0.6) is 0 Å². The quantitative estimate of drug-likeness (QED) is 0.505. The number of hydrogen-bond acceptors (Lipinski definition) is 5. The average molecular weight is 419 g/mol. The maximum absolute atomic E-state index is 12.9.